The molecule has 1 fully saturated rings. The first-order valence-electron chi connectivity index (χ1n) is 8.77. The fraction of sp³-hybridized carbons (Fsp3) is 0.300. The SMILES string of the molecule is O=C(c1cc(=O)c2cc(Br)ccc2o1)N(Cc1ccco1)C[C@@H]1CCCO1. The lowest BCUT2D eigenvalue weighted by Gasteiger charge is -2.24. The second-order valence-electron chi connectivity index (χ2n) is 6.52. The van der Waals surface area contributed by atoms with Gasteiger partial charge in [0.1, 0.15) is 11.3 Å². The number of amides is 1. The van der Waals surface area contributed by atoms with E-state index in [0.717, 1.165) is 17.3 Å². The maximum absolute atomic E-state index is 13.1. The van der Waals surface area contributed by atoms with Gasteiger partial charge in [0.15, 0.2) is 11.2 Å². The molecule has 0 saturated carbocycles. The van der Waals surface area contributed by atoms with Gasteiger partial charge in [0.25, 0.3) is 5.91 Å². The smallest absolute Gasteiger partial charge is 0.290 e. The third-order valence-electron chi connectivity index (χ3n) is 4.56. The van der Waals surface area contributed by atoms with E-state index in [1.165, 1.54) is 6.07 Å². The first kappa shape index (κ1) is 18.0. The van der Waals surface area contributed by atoms with Crippen molar-refractivity contribution in [3.8, 4) is 0 Å². The summed E-state index contributed by atoms with van der Waals surface area (Å²) in [5.41, 5.74) is 0.125. The molecule has 2 aromatic heterocycles. The van der Waals surface area contributed by atoms with Gasteiger partial charge in [-0.3, -0.25) is 9.59 Å². The predicted molar refractivity (Wildman–Crippen MR) is 103 cm³/mol. The number of hydrogen-bond acceptors (Lipinski definition) is 5. The van der Waals surface area contributed by atoms with Crippen LogP contribution in [0.3, 0.4) is 0 Å². The first-order valence-corrected chi connectivity index (χ1v) is 9.56. The topological polar surface area (TPSA) is 72.9 Å². The third-order valence-corrected chi connectivity index (χ3v) is 5.06. The Kier molecular flexibility index (Phi) is 5.13. The molecule has 140 valence electrons. The minimum absolute atomic E-state index is 0.0133. The van der Waals surface area contributed by atoms with Crippen LogP contribution in [0.4, 0.5) is 0 Å². The van der Waals surface area contributed by atoms with E-state index in [0.29, 0.717) is 29.9 Å². The summed E-state index contributed by atoms with van der Waals surface area (Å²) in [5.74, 6) is 0.316. The second kappa shape index (κ2) is 7.70. The van der Waals surface area contributed by atoms with Crippen molar-refractivity contribution in [1.82, 2.24) is 4.90 Å². The van der Waals surface area contributed by atoms with E-state index in [1.54, 1.807) is 35.4 Å². The van der Waals surface area contributed by atoms with Gasteiger partial charge in [-0.15, -0.1) is 0 Å². The minimum atomic E-state index is -0.358. The van der Waals surface area contributed by atoms with E-state index in [4.69, 9.17) is 13.6 Å². The second-order valence-corrected chi connectivity index (χ2v) is 7.43. The van der Waals surface area contributed by atoms with Crippen LogP contribution in [0.5, 0.6) is 0 Å². The molecule has 6 nitrogen and oxygen atoms in total. The van der Waals surface area contributed by atoms with Crippen molar-refractivity contribution < 1.29 is 18.4 Å². The Balaban J connectivity index is 1.66. The fourth-order valence-corrected chi connectivity index (χ4v) is 3.59. The molecule has 1 amide bonds. The van der Waals surface area contributed by atoms with Crippen LogP contribution in [-0.4, -0.2) is 30.1 Å². The van der Waals surface area contributed by atoms with E-state index >= 15 is 0 Å². The van der Waals surface area contributed by atoms with Gasteiger partial charge < -0.3 is 18.5 Å². The van der Waals surface area contributed by atoms with Crippen LogP contribution < -0.4 is 5.43 Å². The minimum Gasteiger partial charge on any atom is -0.467 e. The van der Waals surface area contributed by atoms with Crippen LogP contribution >= 0.6 is 15.9 Å². The monoisotopic (exact) mass is 431 g/mol. The summed E-state index contributed by atoms with van der Waals surface area (Å²) in [6.07, 6.45) is 3.43. The number of hydrogen-bond donors (Lipinski definition) is 0. The van der Waals surface area contributed by atoms with Crippen molar-refractivity contribution in [2.24, 2.45) is 0 Å². The Bertz CT molecular complexity index is 1000. The molecular weight excluding hydrogens is 414 g/mol. The molecule has 0 unspecified atom stereocenters. The summed E-state index contributed by atoms with van der Waals surface area (Å²) >= 11 is 3.34. The zero-order valence-electron chi connectivity index (χ0n) is 14.5. The number of nitrogens with zero attached hydrogens (tertiary/aromatic N) is 1. The molecule has 0 bridgehead atoms. The molecule has 0 aliphatic carbocycles. The van der Waals surface area contributed by atoms with Gasteiger partial charge in [-0.2, -0.15) is 0 Å². The molecule has 0 N–H and O–H groups in total. The van der Waals surface area contributed by atoms with Crippen LogP contribution in [0.2, 0.25) is 0 Å². The van der Waals surface area contributed by atoms with Gasteiger partial charge >= 0.3 is 0 Å². The van der Waals surface area contributed by atoms with Gasteiger partial charge in [-0.05, 0) is 43.2 Å². The zero-order chi connectivity index (χ0) is 18.8. The molecule has 1 saturated heterocycles. The number of ether oxygens (including phenoxy) is 1. The molecular formula is C20H18BrNO5. The molecule has 7 heteroatoms. The Hall–Kier alpha value is -2.38. The summed E-state index contributed by atoms with van der Waals surface area (Å²) in [7, 11) is 0. The van der Waals surface area contributed by atoms with Crippen molar-refractivity contribution in [1.29, 1.82) is 0 Å². The molecule has 1 aliphatic heterocycles. The molecule has 0 radical (unpaired) electrons. The molecule has 0 spiro atoms. The largest absolute Gasteiger partial charge is 0.467 e. The number of carbonyl (C=O) groups excluding carboxylic acids is 1. The Morgan fingerprint density at radius 2 is 2.15 bits per heavy atom. The molecule has 1 aliphatic rings. The van der Waals surface area contributed by atoms with E-state index in [-0.39, 0.29) is 29.7 Å². The fourth-order valence-electron chi connectivity index (χ4n) is 3.23. The lowest BCUT2D eigenvalue weighted by atomic mass is 10.2. The number of fused-ring (bicyclic) bond motifs is 1. The Morgan fingerprint density at radius 3 is 2.89 bits per heavy atom. The summed E-state index contributed by atoms with van der Waals surface area (Å²) in [5, 5.41) is 0.428. The summed E-state index contributed by atoms with van der Waals surface area (Å²) < 4.78 is 17.6. The Labute approximate surface area is 163 Å². The van der Waals surface area contributed by atoms with Gasteiger partial charge in [0, 0.05) is 23.7 Å². The van der Waals surface area contributed by atoms with E-state index < -0.39 is 0 Å². The molecule has 1 aromatic carbocycles. The normalized spacial score (nSPS) is 16.7. The molecule has 3 heterocycles. The summed E-state index contributed by atoms with van der Waals surface area (Å²) in [4.78, 5) is 27.2. The van der Waals surface area contributed by atoms with Crippen molar-refractivity contribution >= 4 is 32.8 Å². The maximum Gasteiger partial charge on any atom is 0.290 e. The van der Waals surface area contributed by atoms with Crippen LogP contribution in [0.15, 0.2) is 60.8 Å². The van der Waals surface area contributed by atoms with Crippen LogP contribution in [0.1, 0.15) is 29.2 Å². The van der Waals surface area contributed by atoms with Crippen LogP contribution in [0, 0.1) is 0 Å². The van der Waals surface area contributed by atoms with Crippen molar-refractivity contribution in [3.63, 3.8) is 0 Å². The van der Waals surface area contributed by atoms with Gasteiger partial charge in [-0.1, -0.05) is 15.9 Å². The van der Waals surface area contributed by atoms with Gasteiger partial charge in [0.2, 0.25) is 0 Å². The first-order chi connectivity index (χ1) is 13.1. The van der Waals surface area contributed by atoms with E-state index in [2.05, 4.69) is 15.9 Å². The Morgan fingerprint density at radius 1 is 1.26 bits per heavy atom. The molecule has 3 aromatic rings. The number of halogens is 1. The highest BCUT2D eigenvalue weighted by Gasteiger charge is 2.26. The highest BCUT2D eigenvalue weighted by atomic mass is 79.9. The molecule has 4 rings (SSSR count). The van der Waals surface area contributed by atoms with Crippen LogP contribution in [0.25, 0.3) is 11.0 Å². The van der Waals surface area contributed by atoms with Crippen LogP contribution in [-0.2, 0) is 11.3 Å². The standard InChI is InChI=1S/C20H18BrNO5/c21-13-5-6-18-16(9-13)17(23)10-19(27-18)20(24)22(11-14-3-1-7-25-14)12-15-4-2-8-26-15/h1,3,5-7,9-10,15H,2,4,8,11-12H2/t15-/m0/s1. The van der Waals surface area contributed by atoms with E-state index in [9.17, 15) is 9.59 Å². The van der Waals surface area contributed by atoms with Crippen molar-refractivity contribution in [3.05, 3.63) is 68.9 Å². The van der Waals surface area contributed by atoms with E-state index in [1.807, 2.05) is 6.07 Å². The zero-order valence-corrected chi connectivity index (χ0v) is 16.1. The van der Waals surface area contributed by atoms with Crippen molar-refractivity contribution in [2.45, 2.75) is 25.5 Å². The number of furan rings is 1. The maximum atomic E-state index is 13.1. The summed E-state index contributed by atoms with van der Waals surface area (Å²) in [6.45, 7) is 1.41. The highest BCUT2D eigenvalue weighted by Crippen LogP contribution is 2.21. The number of benzene rings is 1. The van der Waals surface area contributed by atoms with Crippen molar-refractivity contribution in [2.75, 3.05) is 13.2 Å². The third kappa shape index (κ3) is 3.99. The lowest BCUT2D eigenvalue weighted by Crippen LogP contribution is -2.37. The number of rotatable bonds is 5. The molecule has 27 heavy (non-hydrogen) atoms. The number of carbonyl (C=O) groups is 1. The average molecular weight is 432 g/mol. The predicted octanol–water partition coefficient (Wildman–Crippen LogP) is 3.97. The quantitative estimate of drug-likeness (QED) is 0.610. The highest BCUT2D eigenvalue weighted by molar-refractivity contribution is 9.10. The van der Waals surface area contributed by atoms with Gasteiger partial charge in [0.05, 0.1) is 24.3 Å². The summed E-state index contributed by atoms with van der Waals surface area (Å²) in [6, 6.07) is 9.97. The lowest BCUT2D eigenvalue weighted by molar-refractivity contribution is 0.0469. The average Bonchev–Trinajstić information content (AvgIpc) is 3.35. The molecule has 1 atom stereocenters. The van der Waals surface area contributed by atoms with Gasteiger partial charge in [-0.25, -0.2) is 0 Å².